The van der Waals surface area contributed by atoms with Crippen molar-refractivity contribution in [3.63, 3.8) is 0 Å². The Morgan fingerprint density at radius 3 is 1.10 bits per heavy atom. The fourth-order valence-corrected chi connectivity index (χ4v) is 7.39. The summed E-state index contributed by atoms with van der Waals surface area (Å²) in [5, 5.41) is -0.110. The lowest BCUT2D eigenvalue weighted by Crippen LogP contribution is -2.52. The molecule has 0 saturated heterocycles. The van der Waals surface area contributed by atoms with Gasteiger partial charge in [0.2, 0.25) is 0 Å². The van der Waals surface area contributed by atoms with Gasteiger partial charge in [-0.15, -0.1) is 0 Å². The first-order valence-corrected chi connectivity index (χ1v) is 11.5. The first-order chi connectivity index (χ1) is 10.2. The molecule has 0 unspecified atom stereocenters. The predicted molar refractivity (Wildman–Crippen MR) is 90.1 cm³/mol. The van der Waals surface area contributed by atoms with Gasteiger partial charge in [0.25, 0.3) is 0 Å². The van der Waals surface area contributed by atoms with Gasteiger partial charge in [0.15, 0.2) is 0 Å². The van der Waals surface area contributed by atoms with Gasteiger partial charge in [-0.3, -0.25) is 0 Å². The topological polar surface area (TPSA) is 46.2 Å². The molecule has 7 heteroatoms. The largest absolute Gasteiger partial charge is 0.395 e. The van der Waals surface area contributed by atoms with Crippen molar-refractivity contribution in [2.75, 3.05) is 33.5 Å². The van der Waals surface area contributed by atoms with Crippen LogP contribution in [0.4, 0.5) is 0 Å². The van der Waals surface area contributed by atoms with Crippen LogP contribution in [0.1, 0.15) is 53.4 Å². The quantitative estimate of drug-likeness (QED) is 0.429. The van der Waals surface area contributed by atoms with Crippen LogP contribution < -0.4 is 0 Å². The molecule has 21 heavy (non-hydrogen) atoms. The molecule has 5 nitrogen and oxygen atoms in total. The third kappa shape index (κ3) is 9.77. The van der Waals surface area contributed by atoms with E-state index in [1.54, 1.807) is 7.11 Å². The smallest absolute Gasteiger partial charge is 0.353 e. The van der Waals surface area contributed by atoms with Gasteiger partial charge in [0.05, 0.1) is 0 Å². The monoisotopic (exact) mass is 338 g/mol. The van der Waals surface area contributed by atoms with E-state index < -0.39 is 18.6 Å². The van der Waals surface area contributed by atoms with Gasteiger partial charge in [-0.25, -0.2) is 0 Å². The Hall–Kier alpha value is 0.234. The highest BCUT2D eigenvalue weighted by molar-refractivity contribution is 6.67. The van der Waals surface area contributed by atoms with Crippen molar-refractivity contribution in [1.29, 1.82) is 0 Å². The van der Waals surface area contributed by atoms with Crippen molar-refractivity contribution in [3.05, 3.63) is 0 Å². The summed E-state index contributed by atoms with van der Waals surface area (Å²) < 4.78 is 29.5. The van der Waals surface area contributed by atoms with Crippen LogP contribution in [0.3, 0.4) is 0 Å². The molecule has 0 amide bonds. The van der Waals surface area contributed by atoms with E-state index in [4.69, 9.17) is 22.4 Å². The Balaban J connectivity index is 4.73. The third-order valence-electron chi connectivity index (χ3n) is 2.75. The van der Waals surface area contributed by atoms with E-state index in [-0.39, 0.29) is 5.35 Å². The van der Waals surface area contributed by atoms with Crippen molar-refractivity contribution in [3.8, 4) is 0 Å². The highest BCUT2D eigenvalue weighted by Crippen LogP contribution is 2.10. The number of methoxy groups -OCH3 is 1. The van der Waals surface area contributed by atoms with E-state index in [1.165, 1.54) is 0 Å². The summed E-state index contributed by atoms with van der Waals surface area (Å²) >= 11 is 0. The number of rotatable bonds is 15. The molecule has 0 aromatic carbocycles. The van der Waals surface area contributed by atoms with Crippen molar-refractivity contribution < 1.29 is 22.4 Å². The fourth-order valence-electron chi connectivity index (χ4n) is 1.76. The lowest BCUT2D eigenvalue weighted by atomic mass is 10.5. The minimum absolute atomic E-state index is 0.110. The first kappa shape index (κ1) is 21.2. The number of hydrogen-bond donors (Lipinski definition) is 0. The molecule has 0 atom stereocenters. The zero-order valence-corrected chi connectivity index (χ0v) is 16.7. The molecule has 0 saturated carbocycles. The zero-order valence-electron chi connectivity index (χ0n) is 14.4. The van der Waals surface area contributed by atoms with E-state index in [0.29, 0.717) is 26.4 Å². The average molecular weight is 339 g/mol. The number of ether oxygens (including phenoxy) is 1. The third-order valence-corrected chi connectivity index (χ3v) is 8.51. The van der Waals surface area contributed by atoms with Crippen LogP contribution in [0, 0.1) is 0 Å². The molecule has 0 heterocycles. The second-order valence-corrected chi connectivity index (χ2v) is 9.81. The molecule has 0 spiro atoms. The molecule has 0 fully saturated rings. The molecule has 0 aliphatic rings. The lowest BCUT2D eigenvalue weighted by molar-refractivity contribution is 0.0887. The molecule has 0 radical (unpaired) electrons. The van der Waals surface area contributed by atoms with Crippen LogP contribution in [-0.4, -0.2) is 57.5 Å². The predicted octanol–water partition coefficient (Wildman–Crippen LogP) is 2.23. The van der Waals surface area contributed by atoms with Crippen LogP contribution in [-0.2, 0) is 22.4 Å². The maximum absolute atomic E-state index is 5.95. The van der Waals surface area contributed by atoms with Crippen LogP contribution in [0.2, 0.25) is 0 Å². The molecular weight excluding hydrogens is 304 g/mol. The summed E-state index contributed by atoms with van der Waals surface area (Å²) in [5.74, 6) is 0. The van der Waals surface area contributed by atoms with Crippen molar-refractivity contribution in [2.24, 2.45) is 0 Å². The minimum Gasteiger partial charge on any atom is -0.395 e. The van der Waals surface area contributed by atoms with Crippen molar-refractivity contribution in [1.82, 2.24) is 0 Å². The van der Waals surface area contributed by atoms with Gasteiger partial charge in [0.1, 0.15) is 5.35 Å². The van der Waals surface area contributed by atoms with Gasteiger partial charge < -0.3 is 22.4 Å². The second-order valence-electron chi connectivity index (χ2n) is 4.92. The summed E-state index contributed by atoms with van der Waals surface area (Å²) in [6.45, 7) is 11.2. The van der Waals surface area contributed by atoms with E-state index in [1.807, 2.05) is 0 Å². The lowest BCUT2D eigenvalue weighted by Gasteiger charge is -2.29. The Morgan fingerprint density at radius 2 is 0.905 bits per heavy atom. The second kappa shape index (κ2) is 15.1. The molecular formula is C14H34O5Si2. The minimum atomic E-state index is -1.94. The Labute approximate surface area is 133 Å². The summed E-state index contributed by atoms with van der Waals surface area (Å²) in [5.41, 5.74) is 0. The Morgan fingerprint density at radius 1 is 0.619 bits per heavy atom. The van der Waals surface area contributed by atoms with Crippen LogP contribution in [0.15, 0.2) is 0 Å². The zero-order chi connectivity index (χ0) is 15.9. The van der Waals surface area contributed by atoms with E-state index in [0.717, 1.165) is 25.7 Å². The summed E-state index contributed by atoms with van der Waals surface area (Å²) in [4.78, 5) is 0. The van der Waals surface area contributed by atoms with E-state index in [2.05, 4.69) is 27.7 Å². The molecule has 0 aromatic heterocycles. The summed E-state index contributed by atoms with van der Waals surface area (Å²) in [7, 11) is -2.17. The fraction of sp³-hybridized carbons (Fsp3) is 1.00. The SMILES string of the molecule is CCCO[SiH](OCCC)C(OC)[SiH](OCCC)OCCC. The van der Waals surface area contributed by atoms with Gasteiger partial charge >= 0.3 is 18.6 Å². The Kier molecular flexibility index (Phi) is 15.3. The number of hydrogen-bond acceptors (Lipinski definition) is 5. The van der Waals surface area contributed by atoms with Crippen molar-refractivity contribution >= 4 is 18.6 Å². The van der Waals surface area contributed by atoms with Gasteiger partial charge in [-0.1, -0.05) is 27.7 Å². The molecule has 0 aliphatic carbocycles. The summed E-state index contributed by atoms with van der Waals surface area (Å²) in [6, 6.07) is 0. The van der Waals surface area contributed by atoms with Crippen LogP contribution in [0.25, 0.3) is 0 Å². The standard InChI is InChI=1S/C14H34O5Si2/c1-6-10-16-20(17-11-7-2)14(15-5)21(18-12-8-3)19-13-9-4/h14,20-21H,6-13H2,1-5H3. The van der Waals surface area contributed by atoms with Gasteiger partial charge in [-0.2, -0.15) is 0 Å². The highest BCUT2D eigenvalue weighted by atomic mass is 28.4. The molecule has 0 rings (SSSR count). The van der Waals surface area contributed by atoms with Crippen LogP contribution >= 0.6 is 0 Å². The van der Waals surface area contributed by atoms with Crippen molar-refractivity contribution in [2.45, 2.75) is 58.7 Å². The van der Waals surface area contributed by atoms with Gasteiger partial charge in [0, 0.05) is 33.5 Å². The molecule has 0 aliphatic heterocycles. The maximum atomic E-state index is 5.95. The summed E-state index contributed by atoms with van der Waals surface area (Å²) in [6.07, 6.45) is 3.92. The van der Waals surface area contributed by atoms with Crippen LogP contribution in [0.5, 0.6) is 0 Å². The molecule has 0 N–H and O–H groups in total. The molecule has 0 aromatic rings. The Bertz CT molecular complexity index is 186. The molecule has 0 bridgehead atoms. The molecule has 128 valence electrons. The maximum Gasteiger partial charge on any atom is 0.353 e. The average Bonchev–Trinajstić information content (AvgIpc) is 2.51. The highest BCUT2D eigenvalue weighted by Gasteiger charge is 2.38. The van der Waals surface area contributed by atoms with Gasteiger partial charge in [-0.05, 0) is 25.7 Å². The first-order valence-electron chi connectivity index (χ1n) is 8.24. The van der Waals surface area contributed by atoms with E-state index in [9.17, 15) is 0 Å². The normalized spacial score (nSPS) is 12.0. The van der Waals surface area contributed by atoms with E-state index >= 15 is 0 Å².